The molecule has 0 saturated carbocycles. The van der Waals surface area contributed by atoms with Crippen LogP contribution in [-0.4, -0.2) is 26.2 Å². The Hall–Kier alpha value is -3.51. The van der Waals surface area contributed by atoms with Gasteiger partial charge in [0.2, 0.25) is 0 Å². The Bertz CT molecular complexity index is 1190. The minimum absolute atomic E-state index is 0.126. The van der Waals surface area contributed by atoms with Gasteiger partial charge in [-0.05, 0) is 31.2 Å². The zero-order chi connectivity index (χ0) is 19.7. The first-order chi connectivity index (χ1) is 13.5. The summed E-state index contributed by atoms with van der Waals surface area (Å²) in [6, 6.07) is 17.5. The predicted molar refractivity (Wildman–Crippen MR) is 105 cm³/mol. The van der Waals surface area contributed by atoms with Crippen LogP contribution in [0.4, 0.5) is 0 Å². The number of fused-ring (bicyclic) bond motifs is 2. The standard InChI is InChI=1S/C22H18N2O4/c1-13(28-12-14-6-2-3-11-19(14)25)15-7-4-9-17-20(15)23-18-10-5-8-16(22(26)27)21(18)24-17/h2-11,13,25H,12H2,1H3,(H,26,27). The molecule has 0 spiro atoms. The van der Waals surface area contributed by atoms with Gasteiger partial charge in [0.15, 0.2) is 0 Å². The first-order valence-electron chi connectivity index (χ1n) is 8.86. The van der Waals surface area contributed by atoms with Gasteiger partial charge in [-0.1, -0.05) is 36.4 Å². The topological polar surface area (TPSA) is 92.5 Å². The van der Waals surface area contributed by atoms with Crippen molar-refractivity contribution in [1.82, 2.24) is 9.97 Å². The fraction of sp³-hybridized carbons (Fsp3) is 0.136. The third-order valence-electron chi connectivity index (χ3n) is 4.67. The molecule has 0 aliphatic carbocycles. The minimum atomic E-state index is -1.03. The monoisotopic (exact) mass is 374 g/mol. The van der Waals surface area contributed by atoms with Gasteiger partial charge in [0.05, 0.1) is 34.8 Å². The fourth-order valence-corrected chi connectivity index (χ4v) is 3.18. The number of carboxylic acids is 1. The van der Waals surface area contributed by atoms with Crippen molar-refractivity contribution in [3.05, 3.63) is 77.4 Å². The number of aromatic carboxylic acids is 1. The summed E-state index contributed by atoms with van der Waals surface area (Å²) in [4.78, 5) is 20.7. The van der Waals surface area contributed by atoms with Gasteiger partial charge in [0.1, 0.15) is 11.3 Å². The molecule has 1 unspecified atom stereocenters. The number of phenols is 1. The van der Waals surface area contributed by atoms with Crippen LogP contribution in [0.3, 0.4) is 0 Å². The van der Waals surface area contributed by atoms with Gasteiger partial charge in [-0.3, -0.25) is 0 Å². The van der Waals surface area contributed by atoms with Crippen molar-refractivity contribution in [3.63, 3.8) is 0 Å². The van der Waals surface area contributed by atoms with Crippen molar-refractivity contribution in [1.29, 1.82) is 0 Å². The summed E-state index contributed by atoms with van der Waals surface area (Å²) in [6.45, 7) is 2.17. The highest BCUT2D eigenvalue weighted by atomic mass is 16.5. The van der Waals surface area contributed by atoms with E-state index in [2.05, 4.69) is 9.97 Å². The van der Waals surface area contributed by atoms with Crippen LogP contribution in [0.2, 0.25) is 0 Å². The van der Waals surface area contributed by atoms with Crippen molar-refractivity contribution in [2.75, 3.05) is 0 Å². The Morgan fingerprint density at radius 3 is 2.39 bits per heavy atom. The normalized spacial score (nSPS) is 12.3. The Balaban J connectivity index is 1.73. The van der Waals surface area contributed by atoms with Crippen molar-refractivity contribution in [2.45, 2.75) is 19.6 Å². The lowest BCUT2D eigenvalue weighted by Gasteiger charge is -2.16. The van der Waals surface area contributed by atoms with Crippen LogP contribution in [0.15, 0.2) is 60.7 Å². The number of phenolic OH excluding ortho intramolecular Hbond substituents is 1. The Morgan fingerprint density at radius 2 is 1.64 bits per heavy atom. The van der Waals surface area contributed by atoms with Crippen LogP contribution in [0.1, 0.15) is 34.5 Å². The number of carbonyl (C=O) groups is 1. The SMILES string of the molecule is CC(OCc1ccccc1O)c1cccc2nc3c(C(=O)O)cccc3nc12. The molecule has 0 fully saturated rings. The molecule has 3 aromatic carbocycles. The molecule has 0 radical (unpaired) electrons. The molecule has 0 amide bonds. The van der Waals surface area contributed by atoms with Crippen LogP contribution in [-0.2, 0) is 11.3 Å². The smallest absolute Gasteiger partial charge is 0.337 e. The molecule has 140 valence electrons. The van der Waals surface area contributed by atoms with Crippen molar-refractivity contribution in [2.24, 2.45) is 0 Å². The van der Waals surface area contributed by atoms with Gasteiger partial charge < -0.3 is 14.9 Å². The first-order valence-corrected chi connectivity index (χ1v) is 8.86. The Kier molecular flexibility index (Phi) is 4.63. The van der Waals surface area contributed by atoms with Crippen LogP contribution >= 0.6 is 0 Å². The van der Waals surface area contributed by atoms with E-state index in [9.17, 15) is 15.0 Å². The number of rotatable bonds is 5. The number of hydrogen-bond donors (Lipinski definition) is 2. The highest BCUT2D eigenvalue weighted by Gasteiger charge is 2.16. The molecule has 0 aliphatic heterocycles. The van der Waals surface area contributed by atoms with Gasteiger partial charge in [-0.2, -0.15) is 0 Å². The molecular weight excluding hydrogens is 356 g/mol. The van der Waals surface area contributed by atoms with E-state index in [1.54, 1.807) is 30.3 Å². The van der Waals surface area contributed by atoms with E-state index in [1.807, 2.05) is 31.2 Å². The van der Waals surface area contributed by atoms with E-state index >= 15 is 0 Å². The average Bonchev–Trinajstić information content (AvgIpc) is 2.70. The van der Waals surface area contributed by atoms with Crippen molar-refractivity contribution >= 4 is 28.0 Å². The number of nitrogens with zero attached hydrogens (tertiary/aromatic N) is 2. The minimum Gasteiger partial charge on any atom is -0.508 e. The molecule has 1 heterocycles. The molecule has 28 heavy (non-hydrogen) atoms. The molecule has 4 aromatic rings. The number of aromatic hydroxyl groups is 1. The lowest BCUT2D eigenvalue weighted by Crippen LogP contribution is -2.04. The number of aromatic nitrogens is 2. The molecule has 6 heteroatoms. The van der Waals surface area contributed by atoms with Crippen LogP contribution in [0.25, 0.3) is 22.1 Å². The van der Waals surface area contributed by atoms with E-state index in [1.165, 1.54) is 6.07 Å². The number of hydrogen-bond acceptors (Lipinski definition) is 5. The zero-order valence-corrected chi connectivity index (χ0v) is 15.2. The summed E-state index contributed by atoms with van der Waals surface area (Å²) in [6.07, 6.45) is -0.294. The molecule has 4 rings (SSSR count). The third kappa shape index (κ3) is 3.25. The molecule has 1 atom stereocenters. The molecular formula is C22H18N2O4. The van der Waals surface area contributed by atoms with Crippen LogP contribution < -0.4 is 0 Å². The summed E-state index contributed by atoms with van der Waals surface area (Å²) in [5.74, 6) is -0.839. The molecule has 1 aromatic heterocycles. The quantitative estimate of drug-likeness (QED) is 0.501. The van der Waals surface area contributed by atoms with Crippen LogP contribution in [0, 0.1) is 0 Å². The Labute approximate surface area is 161 Å². The number of carboxylic acid groups (broad SMARTS) is 1. The highest BCUT2D eigenvalue weighted by Crippen LogP contribution is 2.28. The van der Waals surface area contributed by atoms with Crippen molar-refractivity contribution in [3.8, 4) is 5.75 Å². The van der Waals surface area contributed by atoms with Crippen molar-refractivity contribution < 1.29 is 19.7 Å². The summed E-state index contributed by atoms with van der Waals surface area (Å²) >= 11 is 0. The molecule has 2 N–H and O–H groups in total. The number of ether oxygens (including phenoxy) is 1. The second kappa shape index (κ2) is 7.25. The summed E-state index contributed by atoms with van der Waals surface area (Å²) < 4.78 is 5.96. The van der Waals surface area contributed by atoms with Gasteiger partial charge in [-0.15, -0.1) is 0 Å². The second-order valence-electron chi connectivity index (χ2n) is 6.50. The predicted octanol–water partition coefficient (Wildman–Crippen LogP) is 4.46. The van der Waals surface area contributed by atoms with Crippen LogP contribution in [0.5, 0.6) is 5.75 Å². The van der Waals surface area contributed by atoms with E-state index in [0.717, 1.165) is 5.56 Å². The van der Waals surface area contributed by atoms with Gasteiger partial charge in [0, 0.05) is 11.1 Å². The summed E-state index contributed by atoms with van der Waals surface area (Å²) in [5.41, 5.74) is 3.84. The van der Waals surface area contributed by atoms with E-state index in [-0.39, 0.29) is 24.0 Å². The largest absolute Gasteiger partial charge is 0.508 e. The van der Waals surface area contributed by atoms with E-state index in [0.29, 0.717) is 27.6 Å². The number of benzene rings is 3. The first kappa shape index (κ1) is 17.9. The maximum atomic E-state index is 11.5. The summed E-state index contributed by atoms with van der Waals surface area (Å²) in [7, 11) is 0. The maximum absolute atomic E-state index is 11.5. The molecule has 0 bridgehead atoms. The maximum Gasteiger partial charge on any atom is 0.337 e. The molecule has 0 saturated heterocycles. The van der Waals surface area contributed by atoms with E-state index < -0.39 is 5.97 Å². The Morgan fingerprint density at radius 1 is 0.964 bits per heavy atom. The number of para-hydroxylation sites is 3. The average molecular weight is 374 g/mol. The van der Waals surface area contributed by atoms with Gasteiger partial charge >= 0.3 is 5.97 Å². The van der Waals surface area contributed by atoms with Gasteiger partial charge in [0.25, 0.3) is 0 Å². The summed E-state index contributed by atoms with van der Waals surface area (Å²) in [5, 5.41) is 19.3. The fourth-order valence-electron chi connectivity index (χ4n) is 3.18. The third-order valence-corrected chi connectivity index (χ3v) is 4.67. The molecule has 6 nitrogen and oxygen atoms in total. The molecule has 0 aliphatic rings. The lowest BCUT2D eigenvalue weighted by molar-refractivity contribution is 0.0522. The zero-order valence-electron chi connectivity index (χ0n) is 15.2. The highest BCUT2D eigenvalue weighted by molar-refractivity contribution is 6.02. The van der Waals surface area contributed by atoms with E-state index in [4.69, 9.17) is 4.74 Å². The van der Waals surface area contributed by atoms with Gasteiger partial charge in [-0.25, -0.2) is 14.8 Å². The second-order valence-corrected chi connectivity index (χ2v) is 6.50. The lowest BCUT2D eigenvalue weighted by atomic mass is 10.1.